The van der Waals surface area contributed by atoms with E-state index in [0.29, 0.717) is 4.91 Å². The molecule has 0 spiro atoms. The number of hydrogen-bond donors (Lipinski definition) is 1. The van der Waals surface area contributed by atoms with E-state index < -0.39 is 0 Å². The van der Waals surface area contributed by atoms with Crippen molar-refractivity contribution in [3.05, 3.63) is 35.0 Å². The van der Waals surface area contributed by atoms with Gasteiger partial charge >= 0.3 is 0 Å². The number of hydrogen-bond acceptors (Lipinski definition) is 5. The molecule has 9 heteroatoms. The quantitative estimate of drug-likeness (QED) is 0.639. The average molecular weight is 362 g/mol. The van der Waals surface area contributed by atoms with Crippen LogP contribution in [0.3, 0.4) is 0 Å². The van der Waals surface area contributed by atoms with Crippen LogP contribution in [0, 0.1) is 0 Å². The summed E-state index contributed by atoms with van der Waals surface area (Å²) in [6.45, 7) is 0.307. The van der Waals surface area contributed by atoms with E-state index in [1.165, 1.54) is 0 Å². The molecule has 0 atom stereocenters. The van der Waals surface area contributed by atoms with E-state index in [0.717, 1.165) is 22.2 Å². The number of aromatic nitrogens is 1. The Hall–Kier alpha value is -1.57. The summed E-state index contributed by atoms with van der Waals surface area (Å²) in [6.07, 6.45) is 4.85. The molecule has 0 unspecified atom stereocenters. The minimum Gasteiger partial charge on any atom is -0.353 e. The van der Waals surface area contributed by atoms with Gasteiger partial charge in [0.2, 0.25) is 5.91 Å². The summed E-state index contributed by atoms with van der Waals surface area (Å²) in [5.41, 5.74) is 0.749. The van der Waals surface area contributed by atoms with Crippen molar-refractivity contribution >= 4 is 58.9 Å². The summed E-state index contributed by atoms with van der Waals surface area (Å²) in [6, 6.07) is 3.54. The summed E-state index contributed by atoms with van der Waals surface area (Å²) in [4.78, 5) is 40.3. The second kappa shape index (κ2) is 8.77. The SMILES string of the molecule is Cl.O=C(CCl)NCCN1C(=O)S/C(=C\c2cccnc2)C1=O. The summed E-state index contributed by atoms with van der Waals surface area (Å²) in [7, 11) is 0. The molecule has 3 amide bonds. The molecule has 0 radical (unpaired) electrons. The fraction of sp³-hybridized carbons (Fsp3) is 0.231. The Balaban J connectivity index is 0.00000242. The molecule has 6 nitrogen and oxygen atoms in total. The lowest BCUT2D eigenvalue weighted by molar-refractivity contribution is -0.123. The first-order valence-electron chi connectivity index (χ1n) is 6.10. The molecule has 2 heterocycles. The molecule has 1 fully saturated rings. The van der Waals surface area contributed by atoms with Crippen LogP contribution in [-0.4, -0.2) is 45.9 Å². The molecule has 118 valence electrons. The third-order valence-electron chi connectivity index (χ3n) is 2.63. The van der Waals surface area contributed by atoms with E-state index in [1.54, 1.807) is 30.6 Å². The molecule has 1 aliphatic heterocycles. The second-order valence-corrected chi connectivity index (χ2v) is 5.36. The van der Waals surface area contributed by atoms with Gasteiger partial charge in [-0.05, 0) is 29.5 Å². The molecule has 1 saturated heterocycles. The van der Waals surface area contributed by atoms with Gasteiger partial charge in [0.05, 0.1) is 4.91 Å². The first-order valence-corrected chi connectivity index (χ1v) is 7.45. The number of thioether (sulfide) groups is 1. The number of alkyl halides is 1. The topological polar surface area (TPSA) is 79.4 Å². The van der Waals surface area contributed by atoms with Crippen molar-refractivity contribution in [3.8, 4) is 0 Å². The fourth-order valence-corrected chi connectivity index (χ4v) is 2.62. The van der Waals surface area contributed by atoms with E-state index in [4.69, 9.17) is 11.6 Å². The largest absolute Gasteiger partial charge is 0.353 e. The third kappa shape index (κ3) is 4.72. The summed E-state index contributed by atoms with van der Waals surface area (Å²) in [5, 5.41) is 2.16. The van der Waals surface area contributed by atoms with Crippen molar-refractivity contribution in [2.45, 2.75) is 0 Å². The molecule has 2 rings (SSSR count). The highest BCUT2D eigenvalue weighted by Gasteiger charge is 2.34. The maximum absolute atomic E-state index is 12.1. The third-order valence-corrected chi connectivity index (χ3v) is 3.78. The Labute approximate surface area is 142 Å². The zero-order valence-corrected chi connectivity index (χ0v) is 13.7. The maximum atomic E-state index is 12.1. The Morgan fingerprint density at radius 2 is 2.23 bits per heavy atom. The number of carbonyl (C=O) groups is 3. The number of rotatable bonds is 5. The van der Waals surface area contributed by atoms with Gasteiger partial charge in [-0.1, -0.05) is 6.07 Å². The van der Waals surface area contributed by atoms with Crippen molar-refractivity contribution in [1.29, 1.82) is 0 Å². The van der Waals surface area contributed by atoms with Crippen molar-refractivity contribution in [1.82, 2.24) is 15.2 Å². The van der Waals surface area contributed by atoms with E-state index in [1.807, 2.05) is 0 Å². The van der Waals surface area contributed by atoms with E-state index >= 15 is 0 Å². The lowest BCUT2D eigenvalue weighted by Gasteiger charge is -2.12. The Morgan fingerprint density at radius 3 is 2.86 bits per heavy atom. The normalized spacial score (nSPS) is 15.9. The zero-order chi connectivity index (χ0) is 15.2. The predicted octanol–water partition coefficient (Wildman–Crippen LogP) is 1.89. The maximum Gasteiger partial charge on any atom is 0.293 e. The van der Waals surface area contributed by atoms with Gasteiger partial charge in [0.25, 0.3) is 11.1 Å². The van der Waals surface area contributed by atoms with Crippen LogP contribution in [0.25, 0.3) is 6.08 Å². The number of nitrogens with zero attached hydrogens (tertiary/aromatic N) is 2. The van der Waals surface area contributed by atoms with E-state index in [2.05, 4.69) is 10.3 Å². The predicted molar refractivity (Wildman–Crippen MR) is 87.9 cm³/mol. The molecule has 1 aromatic heterocycles. The van der Waals surface area contributed by atoms with Gasteiger partial charge < -0.3 is 5.32 Å². The van der Waals surface area contributed by atoms with Crippen molar-refractivity contribution in [2.75, 3.05) is 19.0 Å². The lowest BCUT2D eigenvalue weighted by atomic mass is 10.2. The smallest absolute Gasteiger partial charge is 0.293 e. The molecule has 0 aliphatic carbocycles. The van der Waals surface area contributed by atoms with Crippen LogP contribution in [0.2, 0.25) is 0 Å². The Bertz CT molecular complexity index is 595. The van der Waals surface area contributed by atoms with Gasteiger partial charge in [-0.15, -0.1) is 24.0 Å². The molecule has 22 heavy (non-hydrogen) atoms. The van der Waals surface area contributed by atoms with Gasteiger partial charge in [-0.25, -0.2) is 0 Å². The highest BCUT2D eigenvalue weighted by molar-refractivity contribution is 8.18. The number of amides is 3. The van der Waals surface area contributed by atoms with Crippen LogP contribution in [0.15, 0.2) is 29.4 Å². The van der Waals surface area contributed by atoms with Crippen molar-refractivity contribution < 1.29 is 14.4 Å². The van der Waals surface area contributed by atoms with Gasteiger partial charge in [-0.3, -0.25) is 24.3 Å². The summed E-state index contributed by atoms with van der Waals surface area (Å²) in [5.74, 6) is -0.855. The van der Waals surface area contributed by atoms with Gasteiger partial charge in [0, 0.05) is 25.5 Å². The molecular weight excluding hydrogens is 349 g/mol. The summed E-state index contributed by atoms with van der Waals surface area (Å²) < 4.78 is 0. The highest BCUT2D eigenvalue weighted by atomic mass is 35.5. The Morgan fingerprint density at radius 1 is 1.45 bits per heavy atom. The molecule has 1 N–H and O–H groups in total. The molecule has 0 aromatic carbocycles. The van der Waals surface area contributed by atoms with Crippen molar-refractivity contribution in [2.24, 2.45) is 0 Å². The average Bonchev–Trinajstić information content (AvgIpc) is 2.75. The minimum atomic E-state index is -0.367. The van der Waals surface area contributed by atoms with Gasteiger partial charge in [-0.2, -0.15) is 0 Å². The van der Waals surface area contributed by atoms with E-state index in [-0.39, 0.29) is 48.4 Å². The first kappa shape index (κ1) is 18.5. The van der Waals surface area contributed by atoms with Gasteiger partial charge in [0.15, 0.2) is 0 Å². The monoisotopic (exact) mass is 361 g/mol. The number of halogens is 2. The molecular formula is C13H13Cl2N3O3S. The molecule has 1 aliphatic rings. The number of imide groups is 1. The van der Waals surface area contributed by atoms with Gasteiger partial charge in [0.1, 0.15) is 5.88 Å². The van der Waals surface area contributed by atoms with Crippen LogP contribution >= 0.6 is 35.8 Å². The zero-order valence-electron chi connectivity index (χ0n) is 11.3. The first-order chi connectivity index (χ1) is 10.1. The Kier molecular flexibility index (Phi) is 7.37. The summed E-state index contributed by atoms with van der Waals surface area (Å²) >= 11 is 6.21. The van der Waals surface area contributed by atoms with Crippen LogP contribution in [0.4, 0.5) is 4.79 Å². The molecule has 0 bridgehead atoms. The molecule has 0 saturated carbocycles. The van der Waals surface area contributed by atoms with Crippen LogP contribution in [0.1, 0.15) is 5.56 Å². The standard InChI is InChI=1S/C13H12ClN3O3S.ClH/c14-7-11(18)16-4-5-17-12(19)10(21-13(17)20)6-9-2-1-3-15-8-9;/h1-3,6,8H,4-5,7H2,(H,16,18);1H/b10-6-;. The van der Waals surface area contributed by atoms with Crippen LogP contribution < -0.4 is 5.32 Å². The van der Waals surface area contributed by atoms with Crippen molar-refractivity contribution in [3.63, 3.8) is 0 Å². The number of carbonyl (C=O) groups excluding carboxylic acids is 3. The van der Waals surface area contributed by atoms with E-state index in [9.17, 15) is 14.4 Å². The molecule has 1 aromatic rings. The fourth-order valence-electron chi connectivity index (χ4n) is 1.66. The van der Waals surface area contributed by atoms with Crippen LogP contribution in [-0.2, 0) is 9.59 Å². The lowest BCUT2D eigenvalue weighted by Crippen LogP contribution is -2.37. The van der Waals surface area contributed by atoms with Crippen LogP contribution in [0.5, 0.6) is 0 Å². The highest BCUT2D eigenvalue weighted by Crippen LogP contribution is 2.31. The number of pyridine rings is 1. The second-order valence-electron chi connectivity index (χ2n) is 4.10. The number of nitrogens with one attached hydrogen (secondary N) is 1. The minimum absolute atomic E-state index is 0.